The Bertz CT molecular complexity index is 312. The Kier molecular flexibility index (Phi) is 2.81. The van der Waals surface area contributed by atoms with Crippen molar-refractivity contribution in [1.29, 1.82) is 0 Å². The number of hydrogen-bond acceptors (Lipinski definition) is 2. The van der Waals surface area contributed by atoms with E-state index in [2.05, 4.69) is 15.9 Å². The second kappa shape index (κ2) is 3.67. The van der Waals surface area contributed by atoms with Crippen LogP contribution in [0.1, 0.15) is 5.56 Å². The summed E-state index contributed by atoms with van der Waals surface area (Å²) in [6.45, 7) is 0. The van der Waals surface area contributed by atoms with Crippen LogP contribution in [0.2, 0.25) is 0 Å². The molecule has 0 aromatic heterocycles. The second-order valence-electron chi connectivity index (χ2n) is 2.27. The predicted octanol–water partition coefficient (Wildman–Crippen LogP) is 2.04. The van der Waals surface area contributed by atoms with Crippen LogP contribution in [-0.2, 0) is 11.2 Å². The zero-order valence-electron chi connectivity index (χ0n) is 6.05. The van der Waals surface area contributed by atoms with Gasteiger partial charge < -0.3 is 9.90 Å². The van der Waals surface area contributed by atoms with Crippen LogP contribution >= 0.6 is 15.9 Å². The van der Waals surface area contributed by atoms with Gasteiger partial charge in [-0.1, -0.05) is 0 Å². The van der Waals surface area contributed by atoms with Gasteiger partial charge in [0, 0.05) is 18.1 Å². The van der Waals surface area contributed by atoms with Gasteiger partial charge >= 0.3 is 0 Å². The van der Waals surface area contributed by atoms with E-state index in [1.807, 2.05) is 0 Å². The smallest absolute Gasteiger partial charge is 0.141 e. The maximum Gasteiger partial charge on any atom is 0.141 e. The maximum atomic E-state index is 12.7. The average Bonchev–Trinajstić information content (AvgIpc) is 2.01. The molecule has 1 aromatic carbocycles. The van der Waals surface area contributed by atoms with Gasteiger partial charge in [-0.2, -0.15) is 0 Å². The summed E-state index contributed by atoms with van der Waals surface area (Å²) >= 11 is 2.95. The number of benzene rings is 1. The lowest BCUT2D eigenvalue weighted by Crippen LogP contribution is -1.88. The Morgan fingerprint density at radius 2 is 2.25 bits per heavy atom. The minimum absolute atomic E-state index is 0.0880. The summed E-state index contributed by atoms with van der Waals surface area (Å²) in [7, 11) is 0. The third-order valence-electron chi connectivity index (χ3n) is 1.42. The number of halogens is 2. The molecule has 1 N–H and O–H groups in total. The molecule has 0 amide bonds. The highest BCUT2D eigenvalue weighted by Crippen LogP contribution is 2.25. The van der Waals surface area contributed by atoms with Crippen molar-refractivity contribution >= 4 is 22.2 Å². The normalized spacial score (nSPS) is 9.83. The van der Waals surface area contributed by atoms with Crippen LogP contribution in [0, 0.1) is 5.82 Å². The van der Waals surface area contributed by atoms with Crippen LogP contribution in [0.3, 0.4) is 0 Å². The fraction of sp³-hybridized carbons (Fsp3) is 0.125. The summed E-state index contributed by atoms with van der Waals surface area (Å²) in [5, 5.41) is 9.13. The van der Waals surface area contributed by atoms with Crippen LogP contribution in [0.25, 0.3) is 0 Å². The van der Waals surface area contributed by atoms with Crippen LogP contribution < -0.4 is 0 Å². The van der Waals surface area contributed by atoms with E-state index in [1.54, 1.807) is 0 Å². The fourth-order valence-electron chi connectivity index (χ4n) is 0.831. The lowest BCUT2D eigenvalue weighted by Gasteiger charge is -2.01. The van der Waals surface area contributed by atoms with Crippen molar-refractivity contribution < 1.29 is 14.3 Å². The van der Waals surface area contributed by atoms with E-state index in [1.165, 1.54) is 6.07 Å². The second-order valence-corrected chi connectivity index (χ2v) is 3.12. The number of carbonyl (C=O) groups is 1. The van der Waals surface area contributed by atoms with Crippen molar-refractivity contribution in [1.82, 2.24) is 0 Å². The number of hydrogen-bond donors (Lipinski definition) is 1. The lowest BCUT2D eigenvalue weighted by atomic mass is 10.1. The molecule has 0 atom stereocenters. The number of carbonyl (C=O) groups excluding carboxylic acids is 1. The van der Waals surface area contributed by atoms with Gasteiger partial charge in [0.15, 0.2) is 0 Å². The predicted molar refractivity (Wildman–Crippen MR) is 45.5 cm³/mol. The van der Waals surface area contributed by atoms with E-state index in [0.717, 1.165) is 6.07 Å². The molecule has 0 radical (unpaired) electrons. The minimum atomic E-state index is -0.540. The van der Waals surface area contributed by atoms with Crippen LogP contribution in [0.15, 0.2) is 16.6 Å². The van der Waals surface area contributed by atoms with Gasteiger partial charge in [-0.25, -0.2) is 4.39 Å². The third-order valence-corrected chi connectivity index (χ3v) is 2.03. The molecule has 0 saturated heterocycles. The molecule has 1 rings (SSSR count). The standard InChI is InChI=1S/C8H6BrFO2/c9-6-3-5(1-2-11)8(12)4-7(6)10/h2-4,12H,1H2. The Labute approximate surface area is 77.2 Å². The first-order valence-electron chi connectivity index (χ1n) is 3.25. The quantitative estimate of drug-likeness (QED) is 0.793. The average molecular weight is 233 g/mol. The minimum Gasteiger partial charge on any atom is -0.508 e. The molecule has 4 heteroatoms. The van der Waals surface area contributed by atoms with Gasteiger partial charge in [0.2, 0.25) is 0 Å². The van der Waals surface area contributed by atoms with Crippen molar-refractivity contribution in [3.8, 4) is 5.75 Å². The Morgan fingerprint density at radius 1 is 1.58 bits per heavy atom. The van der Waals surface area contributed by atoms with Gasteiger partial charge in [-0.3, -0.25) is 0 Å². The molecule has 0 fully saturated rings. The number of rotatable bonds is 2. The molecule has 0 bridgehead atoms. The summed E-state index contributed by atoms with van der Waals surface area (Å²) in [5.41, 5.74) is 0.415. The number of aldehydes is 1. The molecule has 0 heterocycles. The van der Waals surface area contributed by atoms with Crippen molar-refractivity contribution in [2.24, 2.45) is 0 Å². The summed E-state index contributed by atoms with van der Waals surface area (Å²) in [5.74, 6) is -0.732. The highest BCUT2D eigenvalue weighted by molar-refractivity contribution is 9.10. The van der Waals surface area contributed by atoms with E-state index in [9.17, 15) is 9.18 Å². The van der Waals surface area contributed by atoms with Crippen LogP contribution in [0.5, 0.6) is 5.75 Å². The van der Waals surface area contributed by atoms with Gasteiger partial charge in [0.25, 0.3) is 0 Å². The van der Waals surface area contributed by atoms with Gasteiger partial charge in [-0.15, -0.1) is 0 Å². The molecule has 2 nitrogen and oxygen atoms in total. The molecule has 1 aromatic rings. The molecule has 0 aliphatic carbocycles. The molecule has 64 valence electrons. The topological polar surface area (TPSA) is 37.3 Å². The van der Waals surface area contributed by atoms with Crippen LogP contribution in [0.4, 0.5) is 4.39 Å². The van der Waals surface area contributed by atoms with Crippen molar-refractivity contribution in [2.75, 3.05) is 0 Å². The van der Waals surface area contributed by atoms with E-state index < -0.39 is 5.82 Å². The zero-order chi connectivity index (χ0) is 9.14. The molecule has 0 aliphatic rings. The molecule has 0 aliphatic heterocycles. The van der Waals surface area contributed by atoms with Crippen molar-refractivity contribution in [2.45, 2.75) is 6.42 Å². The first kappa shape index (κ1) is 9.19. The SMILES string of the molecule is O=CCc1cc(Br)c(F)cc1O. The van der Waals surface area contributed by atoms with E-state index in [4.69, 9.17) is 5.11 Å². The fourth-order valence-corrected chi connectivity index (χ4v) is 1.22. The molecule has 0 spiro atoms. The maximum absolute atomic E-state index is 12.7. The van der Waals surface area contributed by atoms with Crippen molar-refractivity contribution in [3.05, 3.63) is 28.0 Å². The summed E-state index contributed by atoms with van der Waals surface area (Å²) < 4.78 is 13.0. The first-order valence-corrected chi connectivity index (χ1v) is 4.05. The highest BCUT2D eigenvalue weighted by atomic mass is 79.9. The van der Waals surface area contributed by atoms with Gasteiger partial charge in [0.1, 0.15) is 17.9 Å². The molecular formula is C8H6BrFO2. The third kappa shape index (κ3) is 1.82. The zero-order valence-corrected chi connectivity index (χ0v) is 7.64. The molecule has 0 unspecified atom stereocenters. The first-order chi connectivity index (χ1) is 5.65. The van der Waals surface area contributed by atoms with E-state index in [0.29, 0.717) is 11.8 Å². The van der Waals surface area contributed by atoms with E-state index >= 15 is 0 Å². The monoisotopic (exact) mass is 232 g/mol. The lowest BCUT2D eigenvalue weighted by molar-refractivity contribution is -0.107. The van der Waals surface area contributed by atoms with Crippen molar-refractivity contribution in [3.63, 3.8) is 0 Å². The summed E-state index contributed by atoms with van der Waals surface area (Å²) in [6, 6.07) is 2.36. The molecule has 12 heavy (non-hydrogen) atoms. The number of aromatic hydroxyl groups is 1. The number of phenolic OH excluding ortho intramolecular Hbond substituents is 1. The summed E-state index contributed by atoms with van der Waals surface area (Å²) in [6.07, 6.45) is 0.740. The Morgan fingerprint density at radius 3 is 2.83 bits per heavy atom. The van der Waals surface area contributed by atoms with Crippen LogP contribution in [-0.4, -0.2) is 11.4 Å². The van der Waals surface area contributed by atoms with Gasteiger partial charge in [0.05, 0.1) is 4.47 Å². The Balaban J connectivity index is 3.13. The number of phenols is 1. The molecular weight excluding hydrogens is 227 g/mol. The summed E-state index contributed by atoms with van der Waals surface area (Å²) in [4.78, 5) is 10.1. The van der Waals surface area contributed by atoms with E-state index in [-0.39, 0.29) is 16.6 Å². The largest absolute Gasteiger partial charge is 0.508 e. The van der Waals surface area contributed by atoms with Gasteiger partial charge in [-0.05, 0) is 22.0 Å². The molecule has 0 saturated carbocycles. The Hall–Kier alpha value is -0.900. The highest BCUT2D eigenvalue weighted by Gasteiger charge is 2.06.